The van der Waals surface area contributed by atoms with Crippen LogP contribution >= 0.6 is 0 Å². The topological polar surface area (TPSA) is 83.6 Å². The highest BCUT2D eigenvalue weighted by molar-refractivity contribution is 5.42. The molecular weight excluding hydrogens is 174 g/mol. The first-order chi connectivity index (χ1) is 6.15. The molecule has 0 heterocycles. The van der Waals surface area contributed by atoms with Gasteiger partial charge in [-0.1, -0.05) is 17.7 Å². The molecule has 2 N–H and O–H groups in total. The molecule has 1 aliphatic rings. The molecule has 5 nitrogen and oxygen atoms in total. The first kappa shape index (κ1) is 9.34. The Bertz CT molecular complexity index is 287. The molecule has 0 amide bonds. The number of hydrogen-bond acceptors (Lipinski definition) is 4. The average molecular weight is 182 g/mol. The summed E-state index contributed by atoms with van der Waals surface area (Å²) in [7, 11) is 0. The minimum Gasteiger partial charge on any atom is -0.511 e. The summed E-state index contributed by atoms with van der Waals surface area (Å²) < 4.78 is 0. The van der Waals surface area contributed by atoms with Crippen molar-refractivity contribution in [1.82, 2.24) is 0 Å². The summed E-state index contributed by atoms with van der Waals surface area (Å²) >= 11 is 0. The Balaban J connectivity index is 2.80. The Morgan fingerprint density at radius 2 is 2.08 bits per heavy atom. The molecule has 0 aromatic heterocycles. The van der Waals surface area contributed by atoms with Crippen molar-refractivity contribution >= 4 is 0 Å². The normalized spacial score (nSPS) is 14.8. The van der Waals surface area contributed by atoms with Gasteiger partial charge in [0, 0.05) is 4.92 Å². The highest BCUT2D eigenvalue weighted by Gasteiger charge is 2.08. The van der Waals surface area contributed by atoms with Gasteiger partial charge in [0.05, 0.1) is 6.61 Å². The van der Waals surface area contributed by atoms with Gasteiger partial charge >= 0.3 is 0 Å². The van der Waals surface area contributed by atoms with Gasteiger partial charge < -0.3 is 10.2 Å². The molecule has 5 heteroatoms. The van der Waals surface area contributed by atoms with Crippen molar-refractivity contribution in [3.05, 3.63) is 51.8 Å². The summed E-state index contributed by atoms with van der Waals surface area (Å²) in [6.07, 6.45) is 5.29. The Labute approximate surface area is 74.5 Å². The predicted octanol–water partition coefficient (Wildman–Crippen LogP) is 0.725. The van der Waals surface area contributed by atoms with E-state index in [4.69, 9.17) is 10.2 Å². The van der Waals surface area contributed by atoms with E-state index in [1.54, 1.807) is 0 Å². The Hall–Kier alpha value is -1.75. The predicted molar refractivity (Wildman–Crippen MR) is 45.3 cm³/mol. The fourth-order valence-electron chi connectivity index (χ4n) is 0.867. The van der Waals surface area contributed by atoms with Gasteiger partial charge in [0.2, 0.25) is 0 Å². The molecule has 0 unspecified atom stereocenters. The Kier molecular flexibility index (Phi) is 2.71. The third-order valence-corrected chi connectivity index (χ3v) is 1.56. The quantitative estimate of drug-likeness (QED) is 0.285. The third-order valence-electron chi connectivity index (χ3n) is 1.56. The van der Waals surface area contributed by atoms with Gasteiger partial charge in [0.25, 0.3) is 0 Å². The Morgan fingerprint density at radius 3 is 2.46 bits per heavy atom. The van der Waals surface area contributed by atoms with Gasteiger partial charge in [-0.2, -0.15) is 12.2 Å². The van der Waals surface area contributed by atoms with Crippen molar-refractivity contribution in [3.63, 3.8) is 0 Å². The van der Waals surface area contributed by atoms with Crippen molar-refractivity contribution < 1.29 is 15.1 Å². The van der Waals surface area contributed by atoms with Crippen molar-refractivity contribution in [1.29, 1.82) is 0 Å². The summed E-state index contributed by atoms with van der Waals surface area (Å²) in [4.78, 5) is 9.71. The molecule has 0 aromatic rings. The van der Waals surface area contributed by atoms with E-state index >= 15 is 0 Å². The van der Waals surface area contributed by atoms with Crippen molar-refractivity contribution in [2.75, 3.05) is 6.61 Å². The van der Waals surface area contributed by atoms with Crippen LogP contribution in [-0.4, -0.2) is 21.7 Å². The molecule has 1 aliphatic carbocycles. The van der Waals surface area contributed by atoms with E-state index in [2.05, 4.69) is 0 Å². The van der Waals surface area contributed by atoms with Gasteiger partial charge in [-0.3, -0.25) is 10.1 Å². The van der Waals surface area contributed by atoms with Gasteiger partial charge in [-0.05, 0) is 0 Å². The van der Waals surface area contributed by atoms with Gasteiger partial charge in [0.1, 0.15) is 5.76 Å². The molecule has 0 saturated carbocycles. The third kappa shape index (κ3) is 2.09. The second-order valence-electron chi connectivity index (χ2n) is 2.41. The summed E-state index contributed by atoms with van der Waals surface area (Å²) in [5.74, 6) is -0.199. The minimum absolute atomic E-state index is 0.0468. The van der Waals surface area contributed by atoms with Crippen LogP contribution in [0, 0.1) is 16.2 Å². The molecule has 0 saturated heterocycles. The summed E-state index contributed by atoms with van der Waals surface area (Å²) in [6, 6.07) is -0.0468. The standard InChI is InChI=1S/C8H8NO4/c10-5-8(11)6-1-3-7(4-2-6)9(12)13/h1-4,10-11H,5H2/q-1. The first-order valence-electron chi connectivity index (χ1n) is 3.55. The van der Waals surface area contributed by atoms with Crippen LogP contribution in [0.25, 0.3) is 0 Å². The van der Waals surface area contributed by atoms with Crippen LogP contribution in [0.2, 0.25) is 0 Å². The van der Waals surface area contributed by atoms with Crippen LogP contribution in [-0.2, 0) is 0 Å². The first-order valence-corrected chi connectivity index (χ1v) is 3.55. The zero-order valence-electron chi connectivity index (χ0n) is 6.67. The van der Waals surface area contributed by atoms with Crippen LogP contribution in [0.4, 0.5) is 0 Å². The average Bonchev–Trinajstić information content (AvgIpc) is 2.17. The van der Waals surface area contributed by atoms with Gasteiger partial charge in [0.15, 0.2) is 6.04 Å². The molecule has 0 radical (unpaired) electrons. The van der Waals surface area contributed by atoms with E-state index < -0.39 is 11.5 Å². The number of aliphatic hydroxyl groups is 2. The maximum atomic E-state index is 10.2. The number of allylic oxidation sites excluding steroid dienone is 3. The lowest BCUT2D eigenvalue weighted by Gasteiger charge is -2.13. The second kappa shape index (κ2) is 3.77. The van der Waals surface area contributed by atoms with Crippen LogP contribution in [0.15, 0.2) is 35.6 Å². The SMILES string of the molecule is O=[N+]([O-])[C-]1C=CC(=C(O)CO)C=C1. The van der Waals surface area contributed by atoms with Crippen molar-refractivity contribution in [2.45, 2.75) is 0 Å². The summed E-state index contributed by atoms with van der Waals surface area (Å²) in [5.41, 5.74) is 0.383. The monoisotopic (exact) mass is 182 g/mol. The number of nitro groups is 1. The molecule has 70 valence electrons. The molecule has 0 aromatic carbocycles. The molecule has 0 spiro atoms. The maximum absolute atomic E-state index is 10.2. The van der Waals surface area contributed by atoms with Gasteiger partial charge in [-0.15, -0.1) is 0 Å². The van der Waals surface area contributed by atoms with E-state index in [1.807, 2.05) is 0 Å². The Morgan fingerprint density at radius 1 is 1.54 bits per heavy atom. The van der Waals surface area contributed by atoms with Gasteiger partial charge in [-0.25, -0.2) is 0 Å². The smallest absolute Gasteiger partial charge is 0.163 e. The van der Waals surface area contributed by atoms with Crippen LogP contribution in [0.1, 0.15) is 0 Å². The highest BCUT2D eigenvalue weighted by atomic mass is 16.6. The molecule has 13 heavy (non-hydrogen) atoms. The molecule has 0 bridgehead atoms. The number of rotatable bonds is 2. The lowest BCUT2D eigenvalue weighted by atomic mass is 10.1. The van der Waals surface area contributed by atoms with E-state index in [1.165, 1.54) is 24.3 Å². The molecule has 0 atom stereocenters. The van der Waals surface area contributed by atoms with E-state index in [-0.39, 0.29) is 11.8 Å². The van der Waals surface area contributed by atoms with Crippen LogP contribution in [0.5, 0.6) is 0 Å². The maximum Gasteiger partial charge on any atom is 0.163 e. The lowest BCUT2D eigenvalue weighted by Crippen LogP contribution is -2.06. The summed E-state index contributed by atoms with van der Waals surface area (Å²) in [6.45, 7) is -0.474. The largest absolute Gasteiger partial charge is 0.511 e. The fourth-order valence-corrected chi connectivity index (χ4v) is 0.867. The molecule has 0 aliphatic heterocycles. The minimum atomic E-state index is -0.528. The van der Waals surface area contributed by atoms with E-state index in [0.717, 1.165) is 0 Å². The summed E-state index contributed by atoms with van der Waals surface area (Å²) in [5, 5.41) is 27.8. The number of nitrogens with zero attached hydrogens (tertiary/aromatic N) is 1. The van der Waals surface area contributed by atoms with Crippen LogP contribution in [0.3, 0.4) is 0 Å². The van der Waals surface area contributed by atoms with E-state index in [0.29, 0.717) is 5.57 Å². The van der Waals surface area contributed by atoms with E-state index in [9.17, 15) is 10.1 Å². The molecule has 1 rings (SSSR count). The highest BCUT2D eigenvalue weighted by Crippen LogP contribution is 2.17. The van der Waals surface area contributed by atoms with Crippen LogP contribution < -0.4 is 0 Å². The zero-order chi connectivity index (χ0) is 9.84. The van der Waals surface area contributed by atoms with Crippen molar-refractivity contribution in [3.8, 4) is 0 Å². The van der Waals surface area contributed by atoms with Crippen molar-refractivity contribution in [2.24, 2.45) is 0 Å². The molecule has 0 fully saturated rings. The second-order valence-corrected chi connectivity index (χ2v) is 2.41. The number of aliphatic hydroxyl groups excluding tert-OH is 2. The molecular formula is C8H8NO4-. The zero-order valence-corrected chi connectivity index (χ0v) is 6.67. The lowest BCUT2D eigenvalue weighted by molar-refractivity contribution is -0.448. The number of hydrogen-bond donors (Lipinski definition) is 2. The fraction of sp³-hybridized carbons (Fsp3) is 0.125.